The Labute approximate surface area is 308 Å². The van der Waals surface area contributed by atoms with Crippen molar-refractivity contribution in [2.75, 3.05) is 52.4 Å². The van der Waals surface area contributed by atoms with Crippen LogP contribution in [0.5, 0.6) is 0 Å². The first-order valence-electron chi connectivity index (χ1n) is 18.4. The van der Waals surface area contributed by atoms with Crippen molar-refractivity contribution in [3.63, 3.8) is 0 Å². The Kier molecular flexibility index (Phi) is 18.2. The zero-order chi connectivity index (χ0) is 37.9. The lowest BCUT2D eigenvalue weighted by atomic mass is 10.00. The molecule has 0 aromatic heterocycles. The minimum absolute atomic E-state index is 0.0347. The molecule has 5 amide bonds. The number of nitrogens with one attached hydrogen (secondary N) is 4. The number of amides is 5. The molecule has 0 unspecified atom stereocenters. The predicted molar refractivity (Wildman–Crippen MR) is 202 cm³/mol. The second-order valence-corrected chi connectivity index (χ2v) is 13.9. The second kappa shape index (κ2) is 22.5. The molecular weight excluding hydrogens is 662 g/mol. The van der Waals surface area contributed by atoms with E-state index in [-0.39, 0.29) is 30.7 Å². The van der Waals surface area contributed by atoms with E-state index in [1.165, 1.54) is 0 Å². The average molecular weight is 722 g/mol. The zero-order valence-electron chi connectivity index (χ0n) is 30.7. The van der Waals surface area contributed by atoms with Gasteiger partial charge in [-0.1, -0.05) is 74.5 Å². The standard InChI is InChI=1S/C38H59N9O5/c1-27(2)24-33(38(52)44-31(14-9-17-39)36(50)42-18-19-46-20-22-47(23-21-46)26-34(41)48)45-37(51)32(16-15-28-10-5-3-6-11-28)43-35(49)30(40)25-29-12-7-4-8-13-29/h3-8,10-13,27,30-33H,9,14-26,39-40H2,1-2H3,(H2,41,48)(H,42,50)(H,43,49)(H,44,52)(H,45,51)/t30-,31-,32-,33-/m1/s1. The van der Waals surface area contributed by atoms with Crippen LogP contribution in [0.4, 0.5) is 0 Å². The molecule has 2 aromatic rings. The van der Waals surface area contributed by atoms with Gasteiger partial charge in [0.2, 0.25) is 29.5 Å². The molecule has 1 heterocycles. The summed E-state index contributed by atoms with van der Waals surface area (Å²) in [6.45, 7) is 8.38. The Hall–Kier alpha value is -4.37. The summed E-state index contributed by atoms with van der Waals surface area (Å²) >= 11 is 0. The van der Waals surface area contributed by atoms with Gasteiger partial charge in [0, 0.05) is 39.3 Å². The third-order valence-electron chi connectivity index (χ3n) is 9.07. The van der Waals surface area contributed by atoms with Gasteiger partial charge in [-0.05, 0) is 62.1 Å². The van der Waals surface area contributed by atoms with Crippen LogP contribution in [0.3, 0.4) is 0 Å². The van der Waals surface area contributed by atoms with E-state index in [9.17, 15) is 24.0 Å². The number of aryl methyl sites for hydroxylation is 1. The van der Waals surface area contributed by atoms with E-state index in [2.05, 4.69) is 26.2 Å². The molecule has 4 atom stereocenters. The minimum Gasteiger partial charge on any atom is -0.369 e. The molecule has 0 aliphatic carbocycles. The Bertz CT molecular complexity index is 1400. The van der Waals surface area contributed by atoms with Crippen LogP contribution >= 0.6 is 0 Å². The number of hydrogen-bond donors (Lipinski definition) is 7. The number of nitrogens with two attached hydrogens (primary N) is 3. The van der Waals surface area contributed by atoms with Gasteiger partial charge in [0.15, 0.2) is 0 Å². The fourth-order valence-corrected chi connectivity index (χ4v) is 6.15. The van der Waals surface area contributed by atoms with E-state index in [4.69, 9.17) is 17.2 Å². The Balaban J connectivity index is 1.64. The van der Waals surface area contributed by atoms with Crippen LogP contribution in [-0.2, 0) is 36.8 Å². The van der Waals surface area contributed by atoms with Gasteiger partial charge in [-0.3, -0.25) is 33.8 Å². The van der Waals surface area contributed by atoms with Crippen LogP contribution in [0.2, 0.25) is 0 Å². The van der Waals surface area contributed by atoms with Crippen molar-refractivity contribution in [1.29, 1.82) is 0 Å². The molecule has 14 nitrogen and oxygen atoms in total. The molecule has 0 spiro atoms. The van der Waals surface area contributed by atoms with Crippen molar-refractivity contribution in [2.24, 2.45) is 23.1 Å². The minimum atomic E-state index is -0.953. The molecule has 1 aliphatic heterocycles. The molecule has 52 heavy (non-hydrogen) atoms. The van der Waals surface area contributed by atoms with Gasteiger partial charge >= 0.3 is 0 Å². The van der Waals surface area contributed by atoms with E-state index < -0.39 is 41.9 Å². The molecule has 1 saturated heterocycles. The lowest BCUT2D eigenvalue weighted by Crippen LogP contribution is -2.58. The van der Waals surface area contributed by atoms with Gasteiger partial charge < -0.3 is 38.5 Å². The van der Waals surface area contributed by atoms with E-state index in [0.29, 0.717) is 64.8 Å². The maximum atomic E-state index is 13.9. The van der Waals surface area contributed by atoms with Gasteiger partial charge in [0.05, 0.1) is 12.6 Å². The monoisotopic (exact) mass is 721 g/mol. The third-order valence-corrected chi connectivity index (χ3v) is 9.07. The highest BCUT2D eigenvalue weighted by atomic mass is 16.2. The number of carbonyl (C=O) groups is 5. The van der Waals surface area contributed by atoms with E-state index in [1.54, 1.807) is 0 Å². The van der Waals surface area contributed by atoms with Crippen molar-refractivity contribution < 1.29 is 24.0 Å². The molecule has 0 bridgehead atoms. The molecule has 1 fully saturated rings. The van der Waals surface area contributed by atoms with Crippen LogP contribution in [0.25, 0.3) is 0 Å². The summed E-state index contributed by atoms with van der Waals surface area (Å²) in [6.07, 6.45) is 2.26. The highest BCUT2D eigenvalue weighted by Crippen LogP contribution is 2.11. The fraction of sp³-hybridized carbons (Fsp3) is 0.553. The van der Waals surface area contributed by atoms with Gasteiger partial charge in [-0.15, -0.1) is 0 Å². The molecule has 0 radical (unpaired) electrons. The van der Waals surface area contributed by atoms with Crippen LogP contribution in [0, 0.1) is 5.92 Å². The summed E-state index contributed by atoms with van der Waals surface area (Å²) in [7, 11) is 0. The molecule has 0 saturated carbocycles. The normalized spacial score (nSPS) is 15.9. The highest BCUT2D eigenvalue weighted by Gasteiger charge is 2.31. The fourth-order valence-electron chi connectivity index (χ4n) is 6.15. The number of carbonyl (C=O) groups excluding carboxylic acids is 5. The summed E-state index contributed by atoms with van der Waals surface area (Å²) in [4.78, 5) is 69.6. The third kappa shape index (κ3) is 15.5. The first kappa shape index (κ1) is 42.0. The Morgan fingerprint density at radius 3 is 1.85 bits per heavy atom. The summed E-state index contributed by atoms with van der Waals surface area (Å²) in [5.74, 6) is -2.10. The summed E-state index contributed by atoms with van der Waals surface area (Å²) in [5.41, 5.74) is 19.2. The van der Waals surface area contributed by atoms with E-state index in [0.717, 1.165) is 24.2 Å². The van der Waals surface area contributed by atoms with Crippen LogP contribution in [0.1, 0.15) is 50.7 Å². The molecule has 3 rings (SSSR count). The highest BCUT2D eigenvalue weighted by molar-refractivity contribution is 5.94. The van der Waals surface area contributed by atoms with Gasteiger partial charge in [0.1, 0.15) is 18.1 Å². The number of rotatable bonds is 22. The van der Waals surface area contributed by atoms with Crippen molar-refractivity contribution in [2.45, 2.75) is 76.5 Å². The van der Waals surface area contributed by atoms with Gasteiger partial charge in [-0.25, -0.2) is 0 Å². The zero-order valence-corrected chi connectivity index (χ0v) is 30.7. The summed E-state index contributed by atoms with van der Waals surface area (Å²) < 4.78 is 0. The van der Waals surface area contributed by atoms with E-state index in [1.807, 2.05) is 79.4 Å². The number of hydrogen-bond acceptors (Lipinski definition) is 9. The molecule has 286 valence electrons. The second-order valence-electron chi connectivity index (χ2n) is 13.9. The molecular formula is C38H59N9O5. The first-order valence-corrected chi connectivity index (χ1v) is 18.4. The molecule has 14 heteroatoms. The summed E-state index contributed by atoms with van der Waals surface area (Å²) in [5, 5.41) is 11.5. The SMILES string of the molecule is CC(C)C[C@@H](NC(=O)[C@@H](CCc1ccccc1)NC(=O)[C@H](N)Cc1ccccc1)C(=O)N[C@H](CCCN)C(=O)NCCN1CCN(CC(N)=O)CC1. The quantitative estimate of drug-likeness (QED) is 0.0844. The number of nitrogens with zero attached hydrogens (tertiary/aromatic N) is 2. The maximum absolute atomic E-state index is 13.9. The lowest BCUT2D eigenvalue weighted by molar-refractivity contribution is -0.134. The largest absolute Gasteiger partial charge is 0.369 e. The molecule has 10 N–H and O–H groups in total. The number of benzene rings is 2. The Morgan fingerprint density at radius 2 is 1.25 bits per heavy atom. The van der Waals surface area contributed by atoms with Crippen molar-refractivity contribution in [3.8, 4) is 0 Å². The van der Waals surface area contributed by atoms with Gasteiger partial charge in [0.25, 0.3) is 0 Å². The average Bonchev–Trinajstić information content (AvgIpc) is 3.12. The van der Waals surface area contributed by atoms with Crippen LogP contribution in [0.15, 0.2) is 60.7 Å². The maximum Gasteiger partial charge on any atom is 0.243 e. The summed E-state index contributed by atoms with van der Waals surface area (Å²) in [6, 6.07) is 15.4. The smallest absolute Gasteiger partial charge is 0.243 e. The number of piperazine rings is 1. The topological polar surface area (TPSA) is 218 Å². The molecule has 1 aliphatic rings. The van der Waals surface area contributed by atoms with E-state index >= 15 is 0 Å². The van der Waals surface area contributed by atoms with Crippen LogP contribution < -0.4 is 38.5 Å². The van der Waals surface area contributed by atoms with Crippen molar-refractivity contribution in [1.82, 2.24) is 31.1 Å². The van der Waals surface area contributed by atoms with Crippen molar-refractivity contribution >= 4 is 29.5 Å². The number of primary amides is 1. The predicted octanol–water partition coefficient (Wildman–Crippen LogP) is -0.352. The van der Waals surface area contributed by atoms with Crippen molar-refractivity contribution in [3.05, 3.63) is 71.8 Å². The van der Waals surface area contributed by atoms with Gasteiger partial charge in [-0.2, -0.15) is 0 Å². The molecule has 2 aromatic carbocycles. The lowest BCUT2D eigenvalue weighted by Gasteiger charge is -2.34. The first-order chi connectivity index (χ1) is 24.9. The Morgan fingerprint density at radius 1 is 0.712 bits per heavy atom. The van der Waals surface area contributed by atoms with Crippen LogP contribution in [-0.4, -0.2) is 116 Å².